The maximum absolute atomic E-state index is 14.4. The molecule has 2 rings (SSSR count). The highest BCUT2D eigenvalue weighted by atomic mass is 32.2. The fourth-order valence-electron chi connectivity index (χ4n) is 4.42. The number of amides is 3. The van der Waals surface area contributed by atoms with E-state index in [-0.39, 0.29) is 11.8 Å². The quantitative estimate of drug-likeness (QED) is 0.366. The second kappa shape index (κ2) is 13.4. The number of anilines is 1. The molecule has 2 aromatic rings. The number of rotatable bonds is 9. The molecule has 0 heterocycles. The van der Waals surface area contributed by atoms with Crippen LogP contribution in [0.4, 0.5) is 10.5 Å². The third kappa shape index (κ3) is 9.31. The van der Waals surface area contributed by atoms with Gasteiger partial charge in [0, 0.05) is 11.2 Å². The largest absolute Gasteiger partial charge is 0.444 e. The number of carbonyl (C=O) groups is 3. The molecule has 0 aromatic heterocycles. The topological polar surface area (TPSA) is 87.7 Å². The van der Waals surface area contributed by atoms with Gasteiger partial charge in [-0.1, -0.05) is 48.0 Å². The predicted octanol–water partition coefficient (Wildman–Crippen LogP) is 6.57. The maximum atomic E-state index is 14.4. The minimum Gasteiger partial charge on any atom is -0.444 e. The van der Waals surface area contributed by atoms with Crippen molar-refractivity contribution in [2.45, 2.75) is 92.0 Å². The molecular weight excluding hydrogens is 510 g/mol. The van der Waals surface area contributed by atoms with Crippen LogP contribution < -0.4 is 10.6 Å². The van der Waals surface area contributed by atoms with Crippen LogP contribution in [-0.4, -0.2) is 52.0 Å². The number of benzene rings is 2. The number of nitrogens with zero attached hydrogens (tertiary/aromatic N) is 1. The zero-order chi connectivity index (χ0) is 29.5. The van der Waals surface area contributed by atoms with E-state index in [0.29, 0.717) is 17.7 Å². The molecular formula is C31H45N3O4S. The molecule has 7 nitrogen and oxygen atoms in total. The normalized spacial score (nSPS) is 13.3. The average Bonchev–Trinajstić information content (AvgIpc) is 2.80. The highest BCUT2D eigenvalue weighted by Crippen LogP contribution is 2.33. The van der Waals surface area contributed by atoms with Gasteiger partial charge in [-0.3, -0.25) is 9.59 Å². The lowest BCUT2D eigenvalue weighted by Crippen LogP contribution is -2.58. The van der Waals surface area contributed by atoms with Crippen LogP contribution in [0.25, 0.3) is 0 Å². The number of thioether (sulfide) groups is 1. The van der Waals surface area contributed by atoms with Gasteiger partial charge >= 0.3 is 6.09 Å². The number of nitrogens with one attached hydrogen (secondary N) is 2. The minimum atomic E-state index is -0.936. The molecule has 2 aromatic carbocycles. The molecule has 0 fully saturated rings. The summed E-state index contributed by atoms with van der Waals surface area (Å²) < 4.78 is 5.47. The van der Waals surface area contributed by atoms with Gasteiger partial charge in [-0.15, -0.1) is 0 Å². The first-order chi connectivity index (χ1) is 18.0. The van der Waals surface area contributed by atoms with Crippen LogP contribution in [0, 0.1) is 20.8 Å². The summed E-state index contributed by atoms with van der Waals surface area (Å²) in [5.41, 5.74) is 2.81. The molecule has 0 bridgehead atoms. The van der Waals surface area contributed by atoms with Gasteiger partial charge < -0.3 is 20.3 Å². The summed E-state index contributed by atoms with van der Waals surface area (Å²) in [5.74, 6) is -0.0128. The van der Waals surface area contributed by atoms with E-state index < -0.39 is 29.3 Å². The zero-order valence-corrected chi connectivity index (χ0v) is 25.9. The van der Waals surface area contributed by atoms with Crippen molar-refractivity contribution in [3.05, 3.63) is 64.7 Å². The Morgan fingerprint density at radius 3 is 2.05 bits per heavy atom. The molecule has 39 heavy (non-hydrogen) atoms. The van der Waals surface area contributed by atoms with E-state index in [1.165, 1.54) is 0 Å². The van der Waals surface area contributed by atoms with Gasteiger partial charge in [0.15, 0.2) is 0 Å². The van der Waals surface area contributed by atoms with Crippen molar-refractivity contribution in [2.24, 2.45) is 0 Å². The molecule has 8 heteroatoms. The summed E-state index contributed by atoms with van der Waals surface area (Å²) in [5, 5.41) is 5.90. The smallest absolute Gasteiger partial charge is 0.408 e. The van der Waals surface area contributed by atoms with Crippen molar-refractivity contribution < 1.29 is 19.1 Å². The van der Waals surface area contributed by atoms with E-state index >= 15 is 0 Å². The minimum absolute atomic E-state index is 0.317. The highest BCUT2D eigenvalue weighted by molar-refractivity contribution is 7.98. The van der Waals surface area contributed by atoms with Gasteiger partial charge in [0.25, 0.3) is 5.91 Å². The van der Waals surface area contributed by atoms with Crippen LogP contribution in [0.5, 0.6) is 0 Å². The molecule has 0 saturated heterocycles. The molecule has 214 valence electrons. The number of hydrogen-bond acceptors (Lipinski definition) is 5. The molecule has 0 aliphatic heterocycles. The van der Waals surface area contributed by atoms with Crippen LogP contribution in [0.1, 0.15) is 76.3 Å². The molecule has 0 spiro atoms. The first kappa shape index (κ1) is 32.2. The molecule has 0 aliphatic rings. The van der Waals surface area contributed by atoms with Gasteiger partial charge in [0.1, 0.15) is 17.7 Å². The third-order valence-corrected chi connectivity index (χ3v) is 6.80. The van der Waals surface area contributed by atoms with Crippen LogP contribution in [0.2, 0.25) is 0 Å². The number of aryl methyl sites for hydroxylation is 3. The Morgan fingerprint density at radius 2 is 1.54 bits per heavy atom. The van der Waals surface area contributed by atoms with E-state index in [2.05, 4.69) is 10.6 Å². The zero-order valence-electron chi connectivity index (χ0n) is 25.1. The summed E-state index contributed by atoms with van der Waals surface area (Å²) in [4.78, 5) is 42.9. The summed E-state index contributed by atoms with van der Waals surface area (Å²) in [7, 11) is 0. The van der Waals surface area contributed by atoms with Gasteiger partial charge in [0.05, 0.1) is 0 Å². The van der Waals surface area contributed by atoms with E-state index in [4.69, 9.17) is 4.74 Å². The third-order valence-electron chi connectivity index (χ3n) is 6.15. The van der Waals surface area contributed by atoms with Crippen LogP contribution in [0.3, 0.4) is 0 Å². The van der Waals surface area contributed by atoms with Crippen molar-refractivity contribution in [3.8, 4) is 0 Å². The molecule has 2 atom stereocenters. The van der Waals surface area contributed by atoms with Crippen LogP contribution in [0.15, 0.2) is 42.5 Å². The second-order valence-electron chi connectivity index (χ2n) is 11.9. The Bertz CT molecular complexity index is 1150. The molecule has 0 radical (unpaired) electrons. The standard InChI is InChI=1S/C31H45N3O4S/c1-20-13-11-16-23(19-20)26(27(35)33-25-21(2)14-12-15-22(25)3)34(30(4,5)6)28(36)24(17-18-39-10)32-29(37)38-31(7,8)9/h11-16,19,24,26H,17-18H2,1-10H3,(H,32,37)(H,33,35). The summed E-state index contributed by atoms with van der Waals surface area (Å²) in [6.07, 6.45) is 1.68. The summed E-state index contributed by atoms with van der Waals surface area (Å²) in [6.45, 7) is 16.9. The Morgan fingerprint density at radius 1 is 0.949 bits per heavy atom. The lowest BCUT2D eigenvalue weighted by Gasteiger charge is -2.43. The number of carbonyl (C=O) groups excluding carboxylic acids is 3. The number of hydrogen-bond donors (Lipinski definition) is 2. The lowest BCUT2D eigenvalue weighted by molar-refractivity contribution is -0.146. The fourth-order valence-corrected chi connectivity index (χ4v) is 4.89. The number of para-hydroxylation sites is 1. The second-order valence-corrected chi connectivity index (χ2v) is 12.9. The Kier molecular flexibility index (Phi) is 11.0. The lowest BCUT2D eigenvalue weighted by atomic mass is 9.94. The fraction of sp³-hybridized carbons (Fsp3) is 0.516. The van der Waals surface area contributed by atoms with Crippen molar-refractivity contribution >= 4 is 35.4 Å². The maximum Gasteiger partial charge on any atom is 0.408 e. The Labute approximate surface area is 238 Å². The van der Waals surface area contributed by atoms with Crippen molar-refractivity contribution in [1.82, 2.24) is 10.2 Å². The number of alkyl carbamates (subject to hydrolysis) is 1. The van der Waals surface area contributed by atoms with Crippen LogP contribution in [-0.2, 0) is 14.3 Å². The van der Waals surface area contributed by atoms with Gasteiger partial charge in [-0.2, -0.15) is 11.8 Å². The monoisotopic (exact) mass is 555 g/mol. The van der Waals surface area contributed by atoms with Gasteiger partial charge in [-0.05, 0) is 97.4 Å². The Hall–Kier alpha value is -3.00. The summed E-state index contributed by atoms with van der Waals surface area (Å²) in [6, 6.07) is 11.7. The number of ether oxygens (including phenoxy) is 1. The molecule has 0 saturated carbocycles. The van der Waals surface area contributed by atoms with E-state index in [1.807, 2.05) is 90.3 Å². The highest BCUT2D eigenvalue weighted by Gasteiger charge is 2.42. The SMILES string of the molecule is CSCCC(NC(=O)OC(C)(C)C)C(=O)N(C(C(=O)Nc1c(C)cccc1C)c1cccc(C)c1)C(C)(C)C. The van der Waals surface area contributed by atoms with E-state index in [9.17, 15) is 14.4 Å². The van der Waals surface area contributed by atoms with Crippen LogP contribution >= 0.6 is 11.8 Å². The van der Waals surface area contributed by atoms with Crippen molar-refractivity contribution in [2.75, 3.05) is 17.3 Å². The molecule has 2 N–H and O–H groups in total. The van der Waals surface area contributed by atoms with Gasteiger partial charge in [0.2, 0.25) is 5.91 Å². The van der Waals surface area contributed by atoms with E-state index in [1.54, 1.807) is 37.4 Å². The van der Waals surface area contributed by atoms with Crippen molar-refractivity contribution in [3.63, 3.8) is 0 Å². The Balaban J connectivity index is 2.61. The first-order valence-electron chi connectivity index (χ1n) is 13.3. The van der Waals surface area contributed by atoms with Crippen molar-refractivity contribution in [1.29, 1.82) is 0 Å². The molecule has 3 amide bonds. The molecule has 0 aliphatic carbocycles. The average molecular weight is 556 g/mol. The van der Waals surface area contributed by atoms with Gasteiger partial charge in [-0.25, -0.2) is 4.79 Å². The first-order valence-corrected chi connectivity index (χ1v) is 14.7. The van der Waals surface area contributed by atoms with E-state index in [0.717, 1.165) is 22.4 Å². The molecule has 2 unspecified atom stereocenters. The summed E-state index contributed by atoms with van der Waals surface area (Å²) >= 11 is 1.58. The predicted molar refractivity (Wildman–Crippen MR) is 161 cm³/mol.